The van der Waals surface area contributed by atoms with Gasteiger partial charge in [-0.05, 0) is 25.5 Å². The molecule has 0 saturated carbocycles. The van der Waals surface area contributed by atoms with Crippen LogP contribution >= 0.6 is 0 Å². The third kappa shape index (κ3) is 2.34. The molecule has 0 aliphatic heterocycles. The van der Waals surface area contributed by atoms with Crippen LogP contribution in [0.5, 0.6) is 0 Å². The Bertz CT molecular complexity index is 1160. The number of aromatic nitrogens is 2. The molecule has 3 N–H and O–H groups in total. The van der Waals surface area contributed by atoms with Crippen LogP contribution in [0.25, 0.3) is 33.2 Å². The first-order valence-electron chi connectivity index (χ1n) is 8.45. The van der Waals surface area contributed by atoms with Crippen molar-refractivity contribution in [3.63, 3.8) is 0 Å². The van der Waals surface area contributed by atoms with Crippen LogP contribution in [0.1, 0.15) is 17.0 Å². The second kappa shape index (κ2) is 6.05. The van der Waals surface area contributed by atoms with E-state index in [0.29, 0.717) is 5.56 Å². The van der Waals surface area contributed by atoms with Gasteiger partial charge < -0.3 is 10.7 Å². The summed E-state index contributed by atoms with van der Waals surface area (Å²) in [4.78, 5) is 7.87. The van der Waals surface area contributed by atoms with Gasteiger partial charge in [-0.3, -0.25) is 0 Å². The van der Waals surface area contributed by atoms with E-state index in [2.05, 4.69) is 22.1 Å². The van der Waals surface area contributed by atoms with Gasteiger partial charge in [-0.15, -0.1) is 0 Å². The molecule has 0 unspecified atom stereocenters. The van der Waals surface area contributed by atoms with Gasteiger partial charge in [-0.1, -0.05) is 48.5 Å². The zero-order chi connectivity index (χ0) is 18.3. The van der Waals surface area contributed by atoms with Crippen LogP contribution in [0.2, 0.25) is 0 Å². The third-order valence-corrected chi connectivity index (χ3v) is 4.72. The highest BCUT2D eigenvalue weighted by atomic mass is 14.8. The van der Waals surface area contributed by atoms with Gasteiger partial charge in [-0.25, -0.2) is 4.98 Å². The smallest absolute Gasteiger partial charge is 0.142 e. The van der Waals surface area contributed by atoms with Crippen molar-refractivity contribution in [2.45, 2.75) is 13.8 Å². The van der Waals surface area contributed by atoms with Gasteiger partial charge in [0.2, 0.25) is 0 Å². The monoisotopic (exact) mass is 338 g/mol. The third-order valence-electron chi connectivity index (χ3n) is 4.72. The predicted molar refractivity (Wildman–Crippen MR) is 106 cm³/mol. The molecular weight excluding hydrogens is 320 g/mol. The van der Waals surface area contributed by atoms with Crippen LogP contribution in [0, 0.1) is 25.2 Å². The molecule has 0 radical (unpaired) electrons. The molecule has 4 rings (SSSR count). The first kappa shape index (κ1) is 15.9. The van der Waals surface area contributed by atoms with E-state index >= 15 is 0 Å². The quantitative estimate of drug-likeness (QED) is 0.542. The summed E-state index contributed by atoms with van der Waals surface area (Å²) in [6.45, 7) is 3.96. The Morgan fingerprint density at radius 3 is 2.35 bits per heavy atom. The largest absolute Gasteiger partial charge is 0.383 e. The molecule has 0 fully saturated rings. The number of pyridine rings is 1. The number of hydrogen-bond donors (Lipinski definition) is 2. The fraction of sp³-hybridized carbons (Fsp3) is 0.0909. The number of aryl methyl sites for hydroxylation is 2. The molecule has 4 heteroatoms. The summed E-state index contributed by atoms with van der Waals surface area (Å²) < 4.78 is 0. The van der Waals surface area contributed by atoms with Crippen molar-refractivity contribution in [3.05, 3.63) is 71.5 Å². The fourth-order valence-electron chi connectivity index (χ4n) is 3.65. The maximum atomic E-state index is 9.84. The van der Waals surface area contributed by atoms with Crippen LogP contribution < -0.4 is 5.73 Å². The number of benzene rings is 2. The minimum Gasteiger partial charge on any atom is -0.383 e. The maximum Gasteiger partial charge on any atom is 0.142 e. The van der Waals surface area contributed by atoms with Crippen molar-refractivity contribution >= 4 is 16.7 Å². The number of H-pyrrole nitrogens is 1. The Morgan fingerprint density at radius 2 is 1.62 bits per heavy atom. The van der Waals surface area contributed by atoms with E-state index in [1.807, 2.05) is 62.4 Å². The molecule has 0 saturated heterocycles. The highest BCUT2D eigenvalue weighted by Crippen LogP contribution is 2.42. The molecule has 2 aromatic heterocycles. The van der Waals surface area contributed by atoms with E-state index in [-0.39, 0.29) is 5.82 Å². The molecule has 0 aliphatic carbocycles. The lowest BCUT2D eigenvalue weighted by molar-refractivity contribution is 1.20. The van der Waals surface area contributed by atoms with Crippen LogP contribution in [-0.4, -0.2) is 9.97 Å². The number of para-hydroxylation sites is 1. The molecule has 0 spiro atoms. The van der Waals surface area contributed by atoms with Crippen molar-refractivity contribution < 1.29 is 0 Å². The molecule has 4 aromatic rings. The lowest BCUT2D eigenvalue weighted by Gasteiger charge is -2.16. The Labute approximate surface area is 151 Å². The average molecular weight is 338 g/mol. The molecule has 0 aliphatic rings. The Hall–Kier alpha value is -3.58. The molecule has 126 valence electrons. The summed E-state index contributed by atoms with van der Waals surface area (Å²) in [7, 11) is 0. The standard InChI is InChI=1S/C22H18N4/c1-13-19(15-8-4-3-5-9-15)21(17(12-23)22(24)26-13)20-14(2)25-18-11-7-6-10-16(18)20/h3-11,25H,1-2H3,(H2,24,26). The van der Waals surface area contributed by atoms with E-state index in [0.717, 1.165) is 44.5 Å². The Balaban J connectivity index is 2.20. The summed E-state index contributed by atoms with van der Waals surface area (Å²) in [5.41, 5.74) is 13.2. The number of rotatable bonds is 2. The van der Waals surface area contributed by atoms with Gasteiger partial charge in [0.05, 0.1) is 0 Å². The number of fused-ring (bicyclic) bond motifs is 1. The zero-order valence-electron chi connectivity index (χ0n) is 14.7. The van der Waals surface area contributed by atoms with Crippen LogP contribution in [-0.2, 0) is 0 Å². The van der Waals surface area contributed by atoms with Crippen molar-refractivity contribution in [2.75, 3.05) is 5.73 Å². The van der Waals surface area contributed by atoms with E-state index in [9.17, 15) is 5.26 Å². The van der Waals surface area contributed by atoms with Gasteiger partial charge in [0.1, 0.15) is 17.5 Å². The lowest BCUT2D eigenvalue weighted by atomic mass is 9.89. The summed E-state index contributed by atoms with van der Waals surface area (Å²) in [5.74, 6) is 0.268. The van der Waals surface area contributed by atoms with Crippen molar-refractivity contribution in [1.82, 2.24) is 9.97 Å². The molecule has 26 heavy (non-hydrogen) atoms. The number of anilines is 1. The number of nitriles is 1. The average Bonchev–Trinajstić information content (AvgIpc) is 2.97. The Morgan fingerprint density at radius 1 is 0.923 bits per heavy atom. The molecular formula is C22H18N4. The second-order valence-electron chi connectivity index (χ2n) is 6.36. The number of hydrogen-bond acceptors (Lipinski definition) is 3. The van der Waals surface area contributed by atoms with Gasteiger partial charge in [0, 0.05) is 39.0 Å². The van der Waals surface area contributed by atoms with Gasteiger partial charge in [-0.2, -0.15) is 5.26 Å². The number of nitrogen functional groups attached to an aromatic ring is 1. The molecule has 0 amide bonds. The van der Waals surface area contributed by atoms with E-state index in [4.69, 9.17) is 5.73 Å². The summed E-state index contributed by atoms with van der Waals surface area (Å²) >= 11 is 0. The van der Waals surface area contributed by atoms with Gasteiger partial charge >= 0.3 is 0 Å². The predicted octanol–water partition coefficient (Wildman–Crippen LogP) is 4.97. The molecule has 0 atom stereocenters. The van der Waals surface area contributed by atoms with Crippen LogP contribution in [0.3, 0.4) is 0 Å². The molecule has 2 heterocycles. The fourth-order valence-corrected chi connectivity index (χ4v) is 3.65. The highest BCUT2D eigenvalue weighted by Gasteiger charge is 2.23. The van der Waals surface area contributed by atoms with E-state index in [1.54, 1.807) is 0 Å². The van der Waals surface area contributed by atoms with Crippen LogP contribution in [0.15, 0.2) is 54.6 Å². The van der Waals surface area contributed by atoms with Gasteiger partial charge in [0.15, 0.2) is 0 Å². The summed E-state index contributed by atoms with van der Waals surface area (Å²) in [5, 5.41) is 10.9. The molecule has 0 bridgehead atoms. The second-order valence-corrected chi connectivity index (χ2v) is 6.36. The lowest BCUT2D eigenvalue weighted by Crippen LogP contribution is -2.03. The normalized spacial score (nSPS) is 10.8. The molecule has 4 nitrogen and oxygen atoms in total. The van der Waals surface area contributed by atoms with E-state index in [1.165, 1.54) is 0 Å². The minimum absolute atomic E-state index is 0.268. The van der Waals surface area contributed by atoms with Gasteiger partial charge in [0.25, 0.3) is 0 Å². The number of aromatic amines is 1. The number of nitrogens with zero attached hydrogens (tertiary/aromatic N) is 2. The number of nitrogens with one attached hydrogen (secondary N) is 1. The maximum absolute atomic E-state index is 9.84. The highest BCUT2D eigenvalue weighted by molar-refractivity contribution is 6.04. The zero-order valence-corrected chi connectivity index (χ0v) is 14.7. The minimum atomic E-state index is 0.268. The van der Waals surface area contributed by atoms with Crippen molar-refractivity contribution in [1.29, 1.82) is 5.26 Å². The summed E-state index contributed by atoms with van der Waals surface area (Å²) in [6.07, 6.45) is 0. The topological polar surface area (TPSA) is 78.5 Å². The van der Waals surface area contributed by atoms with Crippen molar-refractivity contribution in [3.8, 4) is 28.3 Å². The summed E-state index contributed by atoms with van der Waals surface area (Å²) in [6, 6.07) is 20.4. The Kier molecular flexibility index (Phi) is 3.70. The first-order chi connectivity index (χ1) is 12.6. The first-order valence-corrected chi connectivity index (χ1v) is 8.45. The van der Waals surface area contributed by atoms with Crippen LogP contribution in [0.4, 0.5) is 5.82 Å². The van der Waals surface area contributed by atoms with Crippen molar-refractivity contribution in [2.24, 2.45) is 0 Å². The SMILES string of the molecule is Cc1nc(N)c(C#N)c(-c2c(C)[nH]c3ccccc23)c1-c1ccccc1. The number of nitrogens with two attached hydrogens (primary N) is 1. The molecule has 2 aromatic carbocycles. The van der Waals surface area contributed by atoms with E-state index < -0.39 is 0 Å².